The molecular weight excluding hydrogens is 234 g/mol. The Kier molecular flexibility index (Phi) is 5.41. The van der Waals surface area contributed by atoms with Crippen LogP contribution in [0.1, 0.15) is 51.0 Å². The largest absolute Gasteiger partial charge is 0.393 e. The molecular formula is C17H27NO. The fourth-order valence-corrected chi connectivity index (χ4v) is 3.08. The normalized spacial score (nSPS) is 25.5. The van der Waals surface area contributed by atoms with Gasteiger partial charge in [-0.1, -0.05) is 44.2 Å². The van der Waals surface area contributed by atoms with E-state index < -0.39 is 0 Å². The molecule has 0 bridgehead atoms. The van der Waals surface area contributed by atoms with Crippen molar-refractivity contribution in [3.63, 3.8) is 0 Å². The lowest BCUT2D eigenvalue weighted by molar-refractivity contribution is 0.111. The van der Waals surface area contributed by atoms with E-state index in [1.807, 2.05) is 0 Å². The molecule has 1 saturated carbocycles. The maximum atomic E-state index is 9.73. The first-order chi connectivity index (χ1) is 9.16. The predicted molar refractivity (Wildman–Crippen MR) is 80.3 cm³/mol. The Morgan fingerprint density at radius 2 is 1.95 bits per heavy atom. The molecule has 1 aliphatic carbocycles. The zero-order chi connectivity index (χ0) is 13.7. The van der Waals surface area contributed by atoms with E-state index in [9.17, 15) is 5.11 Å². The van der Waals surface area contributed by atoms with Crippen molar-refractivity contribution in [3.05, 3.63) is 35.9 Å². The summed E-state index contributed by atoms with van der Waals surface area (Å²) >= 11 is 0. The maximum Gasteiger partial charge on any atom is 0.0555 e. The molecule has 2 heteroatoms. The van der Waals surface area contributed by atoms with Crippen molar-refractivity contribution in [2.24, 2.45) is 5.92 Å². The van der Waals surface area contributed by atoms with Crippen LogP contribution in [-0.4, -0.2) is 23.8 Å². The Morgan fingerprint density at radius 3 is 2.58 bits per heavy atom. The number of aliphatic hydroxyl groups excluding tert-OH is 1. The predicted octanol–water partition coefficient (Wildman–Crippen LogP) is 3.32. The van der Waals surface area contributed by atoms with Gasteiger partial charge in [-0.25, -0.2) is 0 Å². The third kappa shape index (κ3) is 4.32. The Balaban J connectivity index is 1.91. The SMILES string of the molecule is CC(C)C(CNC1CCCC(O)C1)c1ccccc1. The standard InChI is InChI=1S/C17H27NO/c1-13(2)17(14-7-4-3-5-8-14)12-18-15-9-6-10-16(19)11-15/h3-5,7-8,13,15-19H,6,9-12H2,1-2H3. The summed E-state index contributed by atoms with van der Waals surface area (Å²) in [4.78, 5) is 0. The fraction of sp³-hybridized carbons (Fsp3) is 0.647. The molecule has 3 atom stereocenters. The summed E-state index contributed by atoms with van der Waals surface area (Å²) in [6, 6.07) is 11.3. The Labute approximate surface area is 117 Å². The third-order valence-electron chi connectivity index (χ3n) is 4.31. The van der Waals surface area contributed by atoms with Gasteiger partial charge in [0.25, 0.3) is 0 Å². The number of aliphatic hydroxyl groups is 1. The quantitative estimate of drug-likeness (QED) is 0.852. The number of rotatable bonds is 5. The van der Waals surface area contributed by atoms with Gasteiger partial charge in [0.1, 0.15) is 0 Å². The summed E-state index contributed by atoms with van der Waals surface area (Å²) in [5.41, 5.74) is 1.42. The molecule has 0 aromatic heterocycles. The average molecular weight is 261 g/mol. The van der Waals surface area contributed by atoms with Gasteiger partial charge in [-0.05, 0) is 43.1 Å². The number of nitrogens with one attached hydrogen (secondary N) is 1. The van der Waals surface area contributed by atoms with Gasteiger partial charge in [0.15, 0.2) is 0 Å². The second-order valence-electron chi connectivity index (χ2n) is 6.19. The first-order valence-electron chi connectivity index (χ1n) is 7.63. The highest BCUT2D eigenvalue weighted by Crippen LogP contribution is 2.25. The Bertz CT molecular complexity index is 363. The van der Waals surface area contributed by atoms with E-state index in [2.05, 4.69) is 49.5 Å². The number of hydrogen-bond acceptors (Lipinski definition) is 2. The van der Waals surface area contributed by atoms with Crippen molar-refractivity contribution in [2.75, 3.05) is 6.54 Å². The maximum absolute atomic E-state index is 9.73. The molecule has 2 rings (SSSR count). The molecule has 0 spiro atoms. The fourth-order valence-electron chi connectivity index (χ4n) is 3.08. The zero-order valence-electron chi connectivity index (χ0n) is 12.2. The summed E-state index contributed by atoms with van der Waals surface area (Å²) in [7, 11) is 0. The van der Waals surface area contributed by atoms with E-state index in [4.69, 9.17) is 0 Å². The molecule has 1 aromatic carbocycles. The van der Waals surface area contributed by atoms with E-state index in [1.165, 1.54) is 12.0 Å². The molecule has 0 heterocycles. The van der Waals surface area contributed by atoms with E-state index in [0.29, 0.717) is 17.9 Å². The molecule has 0 aliphatic heterocycles. The average Bonchev–Trinajstić information content (AvgIpc) is 2.40. The summed E-state index contributed by atoms with van der Waals surface area (Å²) in [6.07, 6.45) is 4.15. The molecule has 3 unspecified atom stereocenters. The van der Waals surface area contributed by atoms with Crippen molar-refractivity contribution in [2.45, 2.75) is 57.6 Å². The highest BCUT2D eigenvalue weighted by molar-refractivity contribution is 5.20. The van der Waals surface area contributed by atoms with Crippen molar-refractivity contribution < 1.29 is 5.11 Å². The highest BCUT2D eigenvalue weighted by atomic mass is 16.3. The van der Waals surface area contributed by atoms with Crippen LogP contribution in [0, 0.1) is 5.92 Å². The van der Waals surface area contributed by atoms with Crippen LogP contribution in [-0.2, 0) is 0 Å². The summed E-state index contributed by atoms with van der Waals surface area (Å²) in [5, 5.41) is 13.4. The molecule has 0 amide bonds. The van der Waals surface area contributed by atoms with Crippen LogP contribution >= 0.6 is 0 Å². The molecule has 19 heavy (non-hydrogen) atoms. The van der Waals surface area contributed by atoms with Gasteiger partial charge in [-0.2, -0.15) is 0 Å². The molecule has 1 fully saturated rings. The lowest BCUT2D eigenvalue weighted by atomic mass is 9.87. The van der Waals surface area contributed by atoms with Gasteiger partial charge in [-0.15, -0.1) is 0 Å². The van der Waals surface area contributed by atoms with Gasteiger partial charge in [-0.3, -0.25) is 0 Å². The third-order valence-corrected chi connectivity index (χ3v) is 4.31. The highest BCUT2D eigenvalue weighted by Gasteiger charge is 2.22. The van der Waals surface area contributed by atoms with Crippen LogP contribution in [0.5, 0.6) is 0 Å². The molecule has 2 nitrogen and oxygen atoms in total. The second kappa shape index (κ2) is 7.06. The lowest BCUT2D eigenvalue weighted by Gasteiger charge is -2.30. The van der Waals surface area contributed by atoms with Gasteiger partial charge >= 0.3 is 0 Å². The van der Waals surface area contributed by atoms with Gasteiger partial charge < -0.3 is 10.4 Å². The van der Waals surface area contributed by atoms with Gasteiger partial charge in [0.05, 0.1) is 6.10 Å². The van der Waals surface area contributed by atoms with Crippen LogP contribution in [0.4, 0.5) is 0 Å². The van der Waals surface area contributed by atoms with Crippen molar-refractivity contribution in [3.8, 4) is 0 Å². The Hall–Kier alpha value is -0.860. The van der Waals surface area contributed by atoms with Gasteiger partial charge in [0, 0.05) is 12.6 Å². The molecule has 2 N–H and O–H groups in total. The van der Waals surface area contributed by atoms with Crippen molar-refractivity contribution in [1.82, 2.24) is 5.32 Å². The minimum absolute atomic E-state index is 0.0968. The molecule has 0 saturated heterocycles. The van der Waals surface area contributed by atoms with E-state index in [1.54, 1.807) is 0 Å². The van der Waals surface area contributed by atoms with E-state index in [-0.39, 0.29) is 6.10 Å². The second-order valence-corrected chi connectivity index (χ2v) is 6.19. The zero-order valence-corrected chi connectivity index (χ0v) is 12.2. The molecule has 1 aromatic rings. The van der Waals surface area contributed by atoms with Crippen LogP contribution in [0.25, 0.3) is 0 Å². The minimum Gasteiger partial charge on any atom is -0.393 e. The Morgan fingerprint density at radius 1 is 1.21 bits per heavy atom. The summed E-state index contributed by atoms with van der Waals surface area (Å²) < 4.78 is 0. The summed E-state index contributed by atoms with van der Waals surface area (Å²) in [6.45, 7) is 5.59. The van der Waals surface area contributed by atoms with Crippen LogP contribution < -0.4 is 5.32 Å². The smallest absolute Gasteiger partial charge is 0.0555 e. The van der Waals surface area contributed by atoms with Crippen LogP contribution in [0.15, 0.2) is 30.3 Å². The topological polar surface area (TPSA) is 32.3 Å². The molecule has 0 radical (unpaired) electrons. The first kappa shape index (κ1) is 14.5. The van der Waals surface area contributed by atoms with E-state index >= 15 is 0 Å². The van der Waals surface area contributed by atoms with Crippen LogP contribution in [0.2, 0.25) is 0 Å². The number of benzene rings is 1. The molecule has 106 valence electrons. The van der Waals surface area contributed by atoms with Crippen molar-refractivity contribution in [1.29, 1.82) is 0 Å². The van der Waals surface area contributed by atoms with Crippen LogP contribution in [0.3, 0.4) is 0 Å². The molecule has 1 aliphatic rings. The van der Waals surface area contributed by atoms with E-state index in [0.717, 1.165) is 25.8 Å². The summed E-state index contributed by atoms with van der Waals surface area (Å²) in [5.74, 6) is 1.18. The van der Waals surface area contributed by atoms with Crippen molar-refractivity contribution >= 4 is 0 Å². The monoisotopic (exact) mass is 261 g/mol. The minimum atomic E-state index is -0.0968. The number of hydrogen-bond donors (Lipinski definition) is 2. The van der Waals surface area contributed by atoms with Gasteiger partial charge in [0.2, 0.25) is 0 Å². The first-order valence-corrected chi connectivity index (χ1v) is 7.63. The lowest BCUT2D eigenvalue weighted by Crippen LogP contribution is -2.38.